The second-order valence-corrected chi connectivity index (χ2v) is 5.18. The molecule has 1 aromatic rings. The molecule has 0 unspecified atom stereocenters. The summed E-state index contributed by atoms with van der Waals surface area (Å²) in [5.41, 5.74) is 1.49. The van der Waals surface area contributed by atoms with Gasteiger partial charge in [0.25, 0.3) is 5.91 Å². The second kappa shape index (κ2) is 7.78. The number of benzene rings is 1. The van der Waals surface area contributed by atoms with Gasteiger partial charge in [-0.2, -0.15) is 0 Å². The molecule has 1 N–H and O–H groups in total. The molecule has 0 bridgehead atoms. The van der Waals surface area contributed by atoms with Gasteiger partial charge >= 0.3 is 5.97 Å². The summed E-state index contributed by atoms with van der Waals surface area (Å²) in [5, 5.41) is 2.52. The third-order valence-corrected chi connectivity index (χ3v) is 3.60. The van der Waals surface area contributed by atoms with Crippen molar-refractivity contribution in [3.05, 3.63) is 35.4 Å². The number of carbonyl (C=O) groups excluding carboxylic acids is 2. The minimum Gasteiger partial charge on any atom is -0.468 e. The molecule has 1 aliphatic carbocycles. The maximum atomic E-state index is 11.9. The fraction of sp³-hybridized carbons (Fsp3) is 0.500. The Morgan fingerprint density at radius 3 is 2.76 bits per heavy atom. The largest absolute Gasteiger partial charge is 0.468 e. The zero-order chi connectivity index (χ0) is 15.1. The van der Waals surface area contributed by atoms with E-state index in [-0.39, 0.29) is 12.5 Å². The molecule has 0 atom stereocenters. The zero-order valence-electron chi connectivity index (χ0n) is 12.3. The molecule has 1 saturated carbocycles. The fourth-order valence-corrected chi connectivity index (χ4v) is 2.40. The van der Waals surface area contributed by atoms with E-state index < -0.39 is 5.97 Å². The van der Waals surface area contributed by atoms with E-state index in [4.69, 9.17) is 4.74 Å². The summed E-state index contributed by atoms with van der Waals surface area (Å²) < 4.78 is 10.3. The van der Waals surface area contributed by atoms with Crippen molar-refractivity contribution in [3.8, 4) is 0 Å². The zero-order valence-corrected chi connectivity index (χ0v) is 12.3. The van der Waals surface area contributed by atoms with E-state index in [9.17, 15) is 9.59 Å². The summed E-state index contributed by atoms with van der Waals surface area (Å²) in [4.78, 5) is 22.9. The minimum atomic E-state index is -0.468. The van der Waals surface area contributed by atoms with Gasteiger partial charge in [0.1, 0.15) is 6.54 Å². The molecule has 1 aliphatic rings. The van der Waals surface area contributed by atoms with Gasteiger partial charge in [-0.05, 0) is 30.5 Å². The average Bonchev–Trinajstić information content (AvgIpc) is 3.04. The number of carbonyl (C=O) groups is 2. The molecule has 5 heteroatoms. The number of nitrogens with one attached hydrogen (secondary N) is 1. The van der Waals surface area contributed by atoms with Crippen molar-refractivity contribution in [3.63, 3.8) is 0 Å². The van der Waals surface area contributed by atoms with Gasteiger partial charge in [0, 0.05) is 5.56 Å². The highest BCUT2D eigenvalue weighted by Crippen LogP contribution is 2.22. The Hall–Kier alpha value is -1.88. The van der Waals surface area contributed by atoms with Crippen molar-refractivity contribution in [2.24, 2.45) is 0 Å². The number of methoxy groups -OCH3 is 1. The van der Waals surface area contributed by atoms with Crippen LogP contribution in [0.1, 0.15) is 41.6 Å². The first-order valence-corrected chi connectivity index (χ1v) is 7.24. The highest BCUT2D eigenvalue weighted by molar-refractivity contribution is 5.96. The van der Waals surface area contributed by atoms with Crippen LogP contribution in [-0.4, -0.2) is 31.6 Å². The van der Waals surface area contributed by atoms with Crippen molar-refractivity contribution in [2.45, 2.75) is 38.4 Å². The molecule has 0 aromatic heterocycles. The lowest BCUT2D eigenvalue weighted by atomic mass is 10.1. The van der Waals surface area contributed by atoms with Gasteiger partial charge in [-0.1, -0.05) is 25.0 Å². The van der Waals surface area contributed by atoms with E-state index in [1.807, 2.05) is 12.1 Å². The van der Waals surface area contributed by atoms with Crippen LogP contribution in [0.4, 0.5) is 0 Å². The number of amides is 1. The van der Waals surface area contributed by atoms with Crippen molar-refractivity contribution in [1.29, 1.82) is 0 Å². The molecule has 2 rings (SSSR count). The van der Waals surface area contributed by atoms with Gasteiger partial charge in [-0.15, -0.1) is 0 Å². The van der Waals surface area contributed by atoms with Gasteiger partial charge in [0.15, 0.2) is 0 Å². The Bertz CT molecular complexity index is 495. The maximum absolute atomic E-state index is 11.9. The normalized spacial score (nSPS) is 14.9. The maximum Gasteiger partial charge on any atom is 0.325 e. The molecular formula is C16H21NO4. The molecule has 0 heterocycles. The molecule has 1 amide bonds. The van der Waals surface area contributed by atoms with Gasteiger partial charge in [-0.25, -0.2) is 0 Å². The molecule has 21 heavy (non-hydrogen) atoms. The number of rotatable bonds is 6. The Balaban J connectivity index is 1.87. The summed E-state index contributed by atoms with van der Waals surface area (Å²) >= 11 is 0. The van der Waals surface area contributed by atoms with Crippen LogP contribution in [0.15, 0.2) is 24.3 Å². The molecule has 0 radical (unpaired) electrons. The van der Waals surface area contributed by atoms with E-state index >= 15 is 0 Å². The van der Waals surface area contributed by atoms with Gasteiger partial charge in [0.2, 0.25) is 0 Å². The molecule has 0 spiro atoms. The topological polar surface area (TPSA) is 64.6 Å². The number of ether oxygens (including phenoxy) is 2. The molecule has 0 saturated heterocycles. The number of hydrogen-bond acceptors (Lipinski definition) is 4. The van der Waals surface area contributed by atoms with Crippen LogP contribution in [-0.2, 0) is 20.9 Å². The fourth-order valence-electron chi connectivity index (χ4n) is 2.40. The van der Waals surface area contributed by atoms with Crippen LogP contribution in [0.25, 0.3) is 0 Å². The molecular weight excluding hydrogens is 270 g/mol. The molecule has 114 valence electrons. The highest BCUT2D eigenvalue weighted by atomic mass is 16.5. The predicted molar refractivity (Wildman–Crippen MR) is 77.8 cm³/mol. The van der Waals surface area contributed by atoms with Crippen molar-refractivity contribution in [1.82, 2.24) is 5.32 Å². The third kappa shape index (κ3) is 4.86. The molecule has 1 aromatic carbocycles. The van der Waals surface area contributed by atoms with Crippen molar-refractivity contribution in [2.75, 3.05) is 13.7 Å². The summed E-state index contributed by atoms with van der Waals surface area (Å²) in [5.74, 6) is -0.757. The first-order valence-electron chi connectivity index (χ1n) is 7.24. The Labute approximate surface area is 124 Å². The van der Waals surface area contributed by atoms with Crippen LogP contribution in [0.3, 0.4) is 0 Å². The lowest BCUT2D eigenvalue weighted by Crippen LogP contribution is -2.30. The Morgan fingerprint density at radius 2 is 2.05 bits per heavy atom. The summed E-state index contributed by atoms with van der Waals surface area (Å²) in [6, 6.07) is 7.26. The summed E-state index contributed by atoms with van der Waals surface area (Å²) in [6.07, 6.45) is 5.07. The third-order valence-electron chi connectivity index (χ3n) is 3.60. The van der Waals surface area contributed by atoms with Crippen LogP contribution in [0, 0.1) is 0 Å². The van der Waals surface area contributed by atoms with E-state index in [2.05, 4.69) is 10.1 Å². The first kappa shape index (κ1) is 15.5. The molecule has 5 nitrogen and oxygen atoms in total. The quantitative estimate of drug-likeness (QED) is 0.815. The smallest absolute Gasteiger partial charge is 0.325 e. The summed E-state index contributed by atoms with van der Waals surface area (Å²) in [6.45, 7) is 0.390. The van der Waals surface area contributed by atoms with Crippen molar-refractivity contribution < 1.29 is 19.1 Å². The van der Waals surface area contributed by atoms with Crippen molar-refractivity contribution >= 4 is 11.9 Å². The van der Waals surface area contributed by atoms with Gasteiger partial charge in [0.05, 0.1) is 19.8 Å². The van der Waals surface area contributed by atoms with Crippen LogP contribution < -0.4 is 5.32 Å². The average molecular weight is 291 g/mol. The van der Waals surface area contributed by atoms with E-state index in [0.29, 0.717) is 18.3 Å². The molecule has 0 aliphatic heterocycles. The Morgan fingerprint density at radius 1 is 1.29 bits per heavy atom. The minimum absolute atomic E-state index is 0.127. The van der Waals surface area contributed by atoms with Gasteiger partial charge < -0.3 is 14.8 Å². The van der Waals surface area contributed by atoms with Crippen LogP contribution in [0.5, 0.6) is 0 Å². The summed E-state index contributed by atoms with van der Waals surface area (Å²) in [7, 11) is 1.29. The molecule has 1 fully saturated rings. The number of hydrogen-bond donors (Lipinski definition) is 1. The van der Waals surface area contributed by atoms with E-state index in [0.717, 1.165) is 18.4 Å². The number of esters is 1. The van der Waals surface area contributed by atoms with E-state index in [1.165, 1.54) is 20.0 Å². The van der Waals surface area contributed by atoms with Crippen LogP contribution >= 0.6 is 0 Å². The monoisotopic (exact) mass is 291 g/mol. The standard InChI is InChI=1S/C16H21NO4/c1-20-15(18)10-17-16(19)13-6-4-5-12(9-13)11-21-14-7-2-3-8-14/h4-6,9,14H,2-3,7-8,10-11H2,1H3,(H,17,19). The van der Waals surface area contributed by atoms with E-state index in [1.54, 1.807) is 12.1 Å². The van der Waals surface area contributed by atoms with Crippen LogP contribution in [0.2, 0.25) is 0 Å². The lowest BCUT2D eigenvalue weighted by molar-refractivity contribution is -0.139. The lowest BCUT2D eigenvalue weighted by Gasteiger charge is -2.11. The first-order chi connectivity index (χ1) is 10.2. The predicted octanol–water partition coefficient (Wildman–Crippen LogP) is 2.05. The Kier molecular flexibility index (Phi) is 5.75. The second-order valence-electron chi connectivity index (χ2n) is 5.18. The highest BCUT2D eigenvalue weighted by Gasteiger charge is 2.15. The van der Waals surface area contributed by atoms with Gasteiger partial charge in [-0.3, -0.25) is 9.59 Å². The SMILES string of the molecule is COC(=O)CNC(=O)c1cccc(COC2CCCC2)c1.